The summed E-state index contributed by atoms with van der Waals surface area (Å²) >= 11 is 0. The lowest BCUT2D eigenvalue weighted by Gasteiger charge is -2.19. The minimum absolute atomic E-state index is 0.0508. The lowest BCUT2D eigenvalue weighted by molar-refractivity contribution is -0.384. The van der Waals surface area contributed by atoms with E-state index >= 15 is 0 Å². The lowest BCUT2D eigenvalue weighted by Crippen LogP contribution is -2.39. The zero-order valence-electron chi connectivity index (χ0n) is 11.8. The van der Waals surface area contributed by atoms with Crippen molar-refractivity contribution in [3.8, 4) is 0 Å². The smallest absolute Gasteiger partial charge is 0.310 e. The summed E-state index contributed by atoms with van der Waals surface area (Å²) in [5.74, 6) is -1.52. The van der Waals surface area contributed by atoms with Gasteiger partial charge in [-0.05, 0) is 26.7 Å². The Morgan fingerprint density at radius 1 is 1.52 bits per heavy atom. The van der Waals surface area contributed by atoms with E-state index in [2.05, 4.69) is 5.32 Å². The second kappa shape index (κ2) is 5.19. The van der Waals surface area contributed by atoms with E-state index in [1.807, 2.05) is 0 Å². The van der Waals surface area contributed by atoms with Gasteiger partial charge in [0, 0.05) is 18.7 Å². The van der Waals surface area contributed by atoms with Crippen molar-refractivity contribution in [3.05, 3.63) is 28.1 Å². The number of nitrogens with zero attached hydrogens (tertiary/aromatic N) is 2. The van der Waals surface area contributed by atoms with Crippen LogP contribution in [0.3, 0.4) is 0 Å². The van der Waals surface area contributed by atoms with Crippen LogP contribution in [0.15, 0.2) is 12.3 Å². The molecule has 2 rings (SSSR count). The van der Waals surface area contributed by atoms with Gasteiger partial charge in [0.2, 0.25) is 0 Å². The number of rotatable bonds is 6. The number of carbonyl (C=O) groups is 2. The first-order valence-electron chi connectivity index (χ1n) is 6.60. The number of carbonyl (C=O) groups excluding carboxylic acids is 1. The summed E-state index contributed by atoms with van der Waals surface area (Å²) in [5, 5.41) is 22.4. The molecular formula is C13H17N3O5. The molecule has 1 amide bonds. The van der Waals surface area contributed by atoms with Crippen LogP contribution >= 0.6 is 0 Å². The molecule has 0 aliphatic heterocycles. The molecule has 0 atom stereocenters. The number of nitrogens with one attached hydrogen (secondary N) is 1. The molecule has 1 heterocycles. The molecule has 1 fully saturated rings. The van der Waals surface area contributed by atoms with Gasteiger partial charge in [0.1, 0.15) is 5.69 Å². The second-order valence-corrected chi connectivity index (χ2v) is 5.85. The zero-order valence-corrected chi connectivity index (χ0v) is 11.8. The summed E-state index contributed by atoms with van der Waals surface area (Å²) in [6.07, 6.45) is 3.12. The Hall–Kier alpha value is -2.38. The number of aromatic nitrogens is 1. The van der Waals surface area contributed by atoms with Crippen molar-refractivity contribution in [1.29, 1.82) is 0 Å². The minimum Gasteiger partial charge on any atom is -0.481 e. The van der Waals surface area contributed by atoms with E-state index in [1.54, 1.807) is 4.57 Å². The number of hydrogen-bond acceptors (Lipinski definition) is 4. The number of aliphatic carboxylic acids is 1. The maximum atomic E-state index is 12.2. The molecule has 1 aliphatic rings. The van der Waals surface area contributed by atoms with E-state index < -0.39 is 22.2 Å². The summed E-state index contributed by atoms with van der Waals surface area (Å²) in [4.78, 5) is 33.4. The highest BCUT2D eigenvalue weighted by atomic mass is 16.6. The molecule has 21 heavy (non-hydrogen) atoms. The standard InChI is InChI=1S/C13H17N3O5/c1-13(2,12(18)19)7-14-11(17)10-5-9(16(20)21)6-15(10)8-3-4-8/h5-6,8H,3-4,7H2,1-2H3,(H,14,17)(H,18,19). The molecule has 0 saturated heterocycles. The van der Waals surface area contributed by atoms with Crippen LogP contribution in [0.4, 0.5) is 5.69 Å². The second-order valence-electron chi connectivity index (χ2n) is 5.85. The van der Waals surface area contributed by atoms with Crippen molar-refractivity contribution in [2.45, 2.75) is 32.7 Å². The monoisotopic (exact) mass is 295 g/mol. The molecule has 0 spiro atoms. The van der Waals surface area contributed by atoms with Gasteiger partial charge >= 0.3 is 5.97 Å². The Kier molecular flexibility index (Phi) is 3.71. The van der Waals surface area contributed by atoms with Gasteiger partial charge in [0.05, 0.1) is 16.5 Å². The molecule has 0 aromatic carbocycles. The summed E-state index contributed by atoms with van der Waals surface area (Å²) < 4.78 is 1.60. The van der Waals surface area contributed by atoms with Gasteiger partial charge in [-0.15, -0.1) is 0 Å². The van der Waals surface area contributed by atoms with Crippen molar-refractivity contribution < 1.29 is 19.6 Å². The average molecular weight is 295 g/mol. The van der Waals surface area contributed by atoms with E-state index in [0.29, 0.717) is 0 Å². The van der Waals surface area contributed by atoms with Gasteiger partial charge in [0.25, 0.3) is 11.6 Å². The van der Waals surface area contributed by atoms with Crippen molar-refractivity contribution in [3.63, 3.8) is 0 Å². The Balaban J connectivity index is 2.15. The fourth-order valence-corrected chi connectivity index (χ4v) is 1.87. The fraction of sp³-hybridized carbons (Fsp3) is 0.538. The molecule has 8 heteroatoms. The Morgan fingerprint density at radius 3 is 2.62 bits per heavy atom. The molecule has 1 saturated carbocycles. The first-order chi connectivity index (χ1) is 9.72. The van der Waals surface area contributed by atoms with Crippen molar-refractivity contribution in [2.24, 2.45) is 5.41 Å². The number of hydrogen-bond donors (Lipinski definition) is 2. The van der Waals surface area contributed by atoms with Crippen LogP contribution in [0.5, 0.6) is 0 Å². The van der Waals surface area contributed by atoms with Crippen molar-refractivity contribution >= 4 is 17.6 Å². The quantitative estimate of drug-likeness (QED) is 0.610. The topological polar surface area (TPSA) is 114 Å². The summed E-state index contributed by atoms with van der Waals surface area (Å²) in [7, 11) is 0. The van der Waals surface area contributed by atoms with E-state index in [4.69, 9.17) is 5.11 Å². The van der Waals surface area contributed by atoms with Crippen LogP contribution in [-0.4, -0.2) is 33.0 Å². The van der Waals surface area contributed by atoms with Crippen molar-refractivity contribution in [2.75, 3.05) is 6.54 Å². The number of carboxylic acids is 1. The molecule has 0 radical (unpaired) electrons. The first kappa shape index (κ1) is 15.0. The molecular weight excluding hydrogens is 278 g/mol. The Labute approximate surface area is 120 Å². The van der Waals surface area contributed by atoms with Crippen LogP contribution in [0.25, 0.3) is 0 Å². The van der Waals surface area contributed by atoms with E-state index in [1.165, 1.54) is 26.1 Å². The highest BCUT2D eigenvalue weighted by Crippen LogP contribution is 2.37. The van der Waals surface area contributed by atoms with Crippen LogP contribution in [0.2, 0.25) is 0 Å². The van der Waals surface area contributed by atoms with E-state index in [-0.39, 0.29) is 24.0 Å². The zero-order chi connectivity index (χ0) is 15.8. The maximum Gasteiger partial charge on any atom is 0.310 e. The fourth-order valence-electron chi connectivity index (χ4n) is 1.87. The Morgan fingerprint density at radius 2 is 2.14 bits per heavy atom. The predicted molar refractivity (Wildman–Crippen MR) is 73.1 cm³/mol. The highest BCUT2D eigenvalue weighted by molar-refractivity contribution is 5.94. The third-order valence-corrected chi connectivity index (χ3v) is 3.49. The third kappa shape index (κ3) is 3.21. The van der Waals surface area contributed by atoms with E-state index in [9.17, 15) is 19.7 Å². The van der Waals surface area contributed by atoms with Gasteiger partial charge < -0.3 is 15.0 Å². The van der Waals surface area contributed by atoms with Crippen LogP contribution < -0.4 is 5.32 Å². The van der Waals surface area contributed by atoms with Gasteiger partial charge in [-0.2, -0.15) is 0 Å². The first-order valence-corrected chi connectivity index (χ1v) is 6.60. The minimum atomic E-state index is -1.10. The lowest BCUT2D eigenvalue weighted by atomic mass is 9.94. The average Bonchev–Trinajstić information content (AvgIpc) is 3.14. The largest absolute Gasteiger partial charge is 0.481 e. The van der Waals surface area contributed by atoms with Crippen molar-refractivity contribution in [1.82, 2.24) is 9.88 Å². The van der Waals surface area contributed by atoms with Crippen LogP contribution in [0, 0.1) is 15.5 Å². The molecule has 8 nitrogen and oxygen atoms in total. The SMILES string of the molecule is CC(C)(CNC(=O)c1cc([N+](=O)[O-])cn1C1CC1)C(=O)O. The predicted octanol–water partition coefficient (Wildman–Crippen LogP) is 1.57. The molecule has 1 aromatic rings. The molecule has 0 bridgehead atoms. The number of amides is 1. The summed E-state index contributed by atoms with van der Waals surface area (Å²) in [6.45, 7) is 2.95. The molecule has 114 valence electrons. The maximum absolute atomic E-state index is 12.2. The van der Waals surface area contributed by atoms with Crippen LogP contribution in [0.1, 0.15) is 43.2 Å². The van der Waals surface area contributed by atoms with Gasteiger partial charge in [-0.3, -0.25) is 19.7 Å². The van der Waals surface area contributed by atoms with Gasteiger partial charge in [-0.1, -0.05) is 0 Å². The highest BCUT2D eigenvalue weighted by Gasteiger charge is 2.32. The van der Waals surface area contributed by atoms with E-state index in [0.717, 1.165) is 12.8 Å². The molecule has 1 aliphatic carbocycles. The molecule has 2 N–H and O–H groups in total. The van der Waals surface area contributed by atoms with Gasteiger partial charge in [0.15, 0.2) is 0 Å². The molecule has 0 unspecified atom stereocenters. The number of carboxylic acid groups (broad SMARTS) is 1. The third-order valence-electron chi connectivity index (χ3n) is 3.49. The Bertz CT molecular complexity index is 601. The normalized spacial score (nSPS) is 14.8. The summed E-state index contributed by atoms with van der Waals surface area (Å²) in [6, 6.07) is 1.34. The number of nitro groups is 1. The summed E-state index contributed by atoms with van der Waals surface area (Å²) in [5.41, 5.74) is -1.03. The van der Waals surface area contributed by atoms with Crippen LogP contribution in [-0.2, 0) is 4.79 Å². The van der Waals surface area contributed by atoms with Gasteiger partial charge in [-0.25, -0.2) is 0 Å². The molecule has 1 aromatic heterocycles.